The summed E-state index contributed by atoms with van der Waals surface area (Å²) in [5.41, 5.74) is 0.759. The number of benzene rings is 1. The number of hydrogen-bond donors (Lipinski definition) is 1. The van der Waals surface area contributed by atoms with Crippen molar-refractivity contribution in [2.45, 2.75) is 58.4 Å². The van der Waals surface area contributed by atoms with E-state index in [9.17, 15) is 18.0 Å². The zero-order valence-electron chi connectivity index (χ0n) is 17.4. The van der Waals surface area contributed by atoms with Crippen LogP contribution in [0.2, 0.25) is 0 Å². The minimum atomic E-state index is -2.52. The zero-order chi connectivity index (χ0) is 21.6. The average Bonchev–Trinajstić information content (AvgIpc) is 2.68. The van der Waals surface area contributed by atoms with Crippen molar-refractivity contribution in [2.75, 3.05) is 20.2 Å². The first-order valence-corrected chi connectivity index (χ1v) is 11.0. The molecule has 29 heavy (non-hydrogen) atoms. The molecular weight excluding hydrogens is 394 g/mol. The Balaban J connectivity index is 2.84. The highest BCUT2D eigenvalue weighted by molar-refractivity contribution is 7.61. The highest BCUT2D eigenvalue weighted by Crippen LogP contribution is 2.14. The summed E-state index contributed by atoms with van der Waals surface area (Å²) in [6.45, 7) is 4.33. The van der Waals surface area contributed by atoms with Gasteiger partial charge in [-0.15, -0.1) is 0 Å². The van der Waals surface area contributed by atoms with Crippen LogP contribution in [0, 0.1) is 0 Å². The Morgan fingerprint density at radius 2 is 1.83 bits per heavy atom. The van der Waals surface area contributed by atoms with Crippen LogP contribution in [0.15, 0.2) is 28.6 Å². The Labute approximate surface area is 174 Å². The minimum absolute atomic E-state index is 0.0618. The van der Waals surface area contributed by atoms with Gasteiger partial charge in [-0.2, -0.15) is 12.8 Å². The summed E-state index contributed by atoms with van der Waals surface area (Å²) in [6, 6.07) is 6.13. The van der Waals surface area contributed by atoms with Gasteiger partial charge in [0.25, 0.3) is 0 Å². The van der Waals surface area contributed by atoms with Crippen LogP contribution in [0.4, 0.5) is 4.79 Å². The van der Waals surface area contributed by atoms with Crippen molar-refractivity contribution in [2.24, 2.45) is 4.36 Å². The summed E-state index contributed by atoms with van der Waals surface area (Å²) in [7, 11) is -0.953. The molecule has 1 N–H and O–H groups in total. The molecule has 8 nitrogen and oxygen atoms in total. The van der Waals surface area contributed by atoms with Gasteiger partial charge in [-0.05, 0) is 37.5 Å². The standard InChI is InChI=1S/C20H31N3O5S/c1-4-6-7-8-17(22-29(26)27)13-14-23(20(25)21-5-2)19(24)15-16-9-11-18(28-3)12-10-16/h9-12,17H,4-8,13-15H2,1-3H3,(H,21,25). The molecule has 0 aliphatic carbocycles. The van der Waals surface area contributed by atoms with Gasteiger partial charge in [-0.3, -0.25) is 9.69 Å². The number of carbonyl (C=O) groups excluding carboxylic acids is 2. The predicted octanol–water partition coefficient (Wildman–Crippen LogP) is 3.20. The number of amides is 3. The summed E-state index contributed by atoms with van der Waals surface area (Å²) in [4.78, 5) is 26.3. The number of hydrogen-bond acceptors (Lipinski definition) is 6. The molecule has 0 aliphatic heterocycles. The van der Waals surface area contributed by atoms with Crippen LogP contribution >= 0.6 is 0 Å². The fourth-order valence-electron chi connectivity index (χ4n) is 2.88. The number of rotatable bonds is 12. The molecule has 0 radical (unpaired) electrons. The van der Waals surface area contributed by atoms with Crippen LogP contribution in [0.5, 0.6) is 5.75 Å². The molecule has 1 aromatic rings. The second kappa shape index (κ2) is 13.7. The maximum absolute atomic E-state index is 12.8. The van der Waals surface area contributed by atoms with E-state index in [1.165, 1.54) is 0 Å². The van der Waals surface area contributed by atoms with Crippen molar-refractivity contribution < 1.29 is 22.7 Å². The Morgan fingerprint density at radius 1 is 1.14 bits per heavy atom. The van der Waals surface area contributed by atoms with Crippen molar-refractivity contribution in [1.29, 1.82) is 0 Å². The van der Waals surface area contributed by atoms with Crippen molar-refractivity contribution in [3.63, 3.8) is 0 Å². The van der Waals surface area contributed by atoms with Crippen LogP contribution in [-0.4, -0.2) is 51.5 Å². The number of urea groups is 1. The lowest BCUT2D eigenvalue weighted by Gasteiger charge is -2.22. The fraction of sp³-hybridized carbons (Fsp3) is 0.600. The number of methoxy groups -OCH3 is 1. The Bertz CT molecular complexity index is 770. The highest BCUT2D eigenvalue weighted by atomic mass is 32.2. The van der Waals surface area contributed by atoms with Crippen molar-refractivity contribution >= 4 is 22.4 Å². The fourth-order valence-corrected chi connectivity index (χ4v) is 3.33. The van der Waals surface area contributed by atoms with Gasteiger partial charge in [0.1, 0.15) is 5.75 Å². The normalized spacial score (nSPS) is 11.4. The third-order valence-corrected chi connectivity index (χ3v) is 4.92. The molecule has 1 aromatic carbocycles. The van der Waals surface area contributed by atoms with Crippen molar-refractivity contribution in [3.05, 3.63) is 29.8 Å². The van der Waals surface area contributed by atoms with Gasteiger partial charge in [0.2, 0.25) is 5.91 Å². The summed E-state index contributed by atoms with van der Waals surface area (Å²) in [6.07, 6.45) is 3.82. The molecular formula is C20H31N3O5S. The lowest BCUT2D eigenvalue weighted by molar-refractivity contribution is -0.127. The lowest BCUT2D eigenvalue weighted by Crippen LogP contribution is -2.45. The predicted molar refractivity (Wildman–Crippen MR) is 111 cm³/mol. The smallest absolute Gasteiger partial charge is 0.324 e. The van der Waals surface area contributed by atoms with E-state index < -0.39 is 22.6 Å². The first-order chi connectivity index (χ1) is 13.9. The van der Waals surface area contributed by atoms with Gasteiger partial charge in [-0.1, -0.05) is 38.3 Å². The largest absolute Gasteiger partial charge is 0.497 e. The topological polar surface area (TPSA) is 105 Å². The van der Waals surface area contributed by atoms with E-state index in [0.717, 1.165) is 29.7 Å². The van der Waals surface area contributed by atoms with E-state index in [1.54, 1.807) is 38.3 Å². The van der Waals surface area contributed by atoms with Crippen LogP contribution in [0.25, 0.3) is 0 Å². The van der Waals surface area contributed by atoms with Gasteiger partial charge in [0.15, 0.2) is 0 Å². The Hall–Kier alpha value is -2.42. The highest BCUT2D eigenvalue weighted by Gasteiger charge is 2.22. The second-order valence-electron chi connectivity index (χ2n) is 6.67. The van der Waals surface area contributed by atoms with Crippen molar-refractivity contribution in [1.82, 2.24) is 10.2 Å². The quantitative estimate of drug-likeness (QED) is 0.518. The second-order valence-corrected chi connectivity index (χ2v) is 7.31. The third-order valence-electron chi connectivity index (χ3n) is 4.45. The summed E-state index contributed by atoms with van der Waals surface area (Å²) in [5, 5.41) is 2.64. The van der Waals surface area contributed by atoms with E-state index in [0.29, 0.717) is 25.1 Å². The van der Waals surface area contributed by atoms with Gasteiger partial charge < -0.3 is 10.1 Å². The van der Waals surface area contributed by atoms with E-state index >= 15 is 0 Å². The van der Waals surface area contributed by atoms with Crippen LogP contribution in [-0.2, 0) is 21.7 Å². The molecule has 0 aromatic heterocycles. The van der Waals surface area contributed by atoms with Crippen LogP contribution < -0.4 is 10.1 Å². The number of carbonyl (C=O) groups is 2. The number of nitrogens with zero attached hydrogens (tertiary/aromatic N) is 2. The van der Waals surface area contributed by atoms with Crippen LogP contribution in [0.3, 0.4) is 0 Å². The third kappa shape index (κ3) is 9.56. The number of ether oxygens (including phenoxy) is 1. The van der Waals surface area contributed by atoms with E-state index in [2.05, 4.69) is 16.6 Å². The Kier molecular flexibility index (Phi) is 11.6. The lowest BCUT2D eigenvalue weighted by atomic mass is 10.1. The van der Waals surface area contributed by atoms with Crippen molar-refractivity contribution in [3.8, 4) is 5.75 Å². The molecule has 162 valence electrons. The molecule has 3 amide bonds. The monoisotopic (exact) mass is 425 g/mol. The van der Waals surface area contributed by atoms with E-state index in [1.807, 2.05) is 0 Å². The molecule has 1 rings (SSSR count). The summed E-state index contributed by atoms with van der Waals surface area (Å²) in [5.74, 6) is 0.334. The van der Waals surface area contributed by atoms with Gasteiger partial charge in [0, 0.05) is 13.1 Å². The molecule has 0 spiro atoms. The first kappa shape index (κ1) is 24.6. The van der Waals surface area contributed by atoms with E-state index in [-0.39, 0.29) is 18.9 Å². The van der Waals surface area contributed by atoms with Crippen LogP contribution in [0.1, 0.15) is 51.5 Å². The molecule has 0 aliphatic rings. The molecule has 1 unspecified atom stereocenters. The minimum Gasteiger partial charge on any atom is -0.497 e. The number of nitrogens with one attached hydrogen (secondary N) is 1. The molecule has 0 heterocycles. The maximum Gasteiger partial charge on any atom is 0.324 e. The molecule has 0 fully saturated rings. The average molecular weight is 426 g/mol. The Morgan fingerprint density at radius 3 is 2.38 bits per heavy atom. The molecule has 9 heteroatoms. The summed E-state index contributed by atoms with van der Waals surface area (Å²) >= 11 is 0. The maximum atomic E-state index is 12.8. The number of unbranched alkanes of at least 4 members (excludes halogenated alkanes) is 2. The van der Waals surface area contributed by atoms with Gasteiger partial charge in [-0.25, -0.2) is 4.79 Å². The summed E-state index contributed by atoms with van der Waals surface area (Å²) < 4.78 is 30.9. The molecule has 0 bridgehead atoms. The van der Waals surface area contributed by atoms with E-state index in [4.69, 9.17) is 4.74 Å². The molecule has 0 saturated heterocycles. The molecule has 1 atom stereocenters. The number of imide groups is 1. The molecule has 0 saturated carbocycles. The van der Waals surface area contributed by atoms with Gasteiger partial charge in [0.05, 0.1) is 19.6 Å². The SMILES string of the molecule is CCCCCC(CCN(C(=O)Cc1ccc(OC)cc1)C(=O)NCC)N=S(=O)=O. The first-order valence-electron chi connectivity index (χ1n) is 9.92. The van der Waals surface area contributed by atoms with Gasteiger partial charge >= 0.3 is 16.5 Å². The zero-order valence-corrected chi connectivity index (χ0v) is 18.2.